The maximum absolute atomic E-state index is 11.2. The summed E-state index contributed by atoms with van der Waals surface area (Å²) in [5.74, 6) is -0.368. The monoisotopic (exact) mass is 304 g/mol. The van der Waals surface area contributed by atoms with Crippen LogP contribution in [0, 0.1) is 0 Å². The van der Waals surface area contributed by atoms with Crippen molar-refractivity contribution in [2.24, 2.45) is 7.05 Å². The average Bonchev–Trinajstić information content (AvgIpc) is 2.90. The molecule has 0 radical (unpaired) electrons. The molecule has 1 aromatic heterocycles. The molecule has 0 unspecified atom stereocenters. The Hall–Kier alpha value is -2.34. The highest BCUT2D eigenvalue weighted by Gasteiger charge is 2.16. The number of benzene rings is 1. The first-order chi connectivity index (χ1) is 10.6. The lowest BCUT2D eigenvalue weighted by molar-refractivity contribution is 0.0690. The minimum Gasteiger partial charge on any atom is -0.491 e. The second kappa shape index (κ2) is 7.61. The highest BCUT2D eigenvalue weighted by Crippen LogP contribution is 2.26. The molecular weight excluding hydrogens is 284 g/mol. The van der Waals surface area contributed by atoms with Crippen LogP contribution in [-0.2, 0) is 11.8 Å². The Balaban J connectivity index is 2.10. The number of carbonyl (C=O) groups is 1. The maximum Gasteiger partial charge on any atom is 0.357 e. The Morgan fingerprint density at radius 3 is 2.86 bits per heavy atom. The van der Waals surface area contributed by atoms with Crippen LogP contribution in [-0.4, -0.2) is 40.7 Å². The fraction of sp³-hybridized carbons (Fsp3) is 0.375. The lowest BCUT2D eigenvalue weighted by Gasteiger charge is -2.08. The van der Waals surface area contributed by atoms with Crippen LogP contribution >= 0.6 is 0 Å². The summed E-state index contributed by atoms with van der Waals surface area (Å²) in [4.78, 5) is 11.2. The van der Waals surface area contributed by atoms with E-state index in [2.05, 4.69) is 12.0 Å². The van der Waals surface area contributed by atoms with Crippen molar-refractivity contribution in [2.75, 3.05) is 19.8 Å². The van der Waals surface area contributed by atoms with Crippen LogP contribution in [0.5, 0.6) is 5.75 Å². The number of aromatic nitrogens is 2. The first-order valence-electron chi connectivity index (χ1n) is 7.19. The van der Waals surface area contributed by atoms with Crippen LogP contribution in [0.15, 0.2) is 30.5 Å². The molecule has 1 N–H and O–H groups in total. The zero-order valence-corrected chi connectivity index (χ0v) is 12.8. The van der Waals surface area contributed by atoms with Crippen LogP contribution in [0.4, 0.5) is 0 Å². The molecule has 2 aromatic rings. The van der Waals surface area contributed by atoms with Crippen molar-refractivity contribution in [3.05, 3.63) is 36.2 Å². The Kier molecular flexibility index (Phi) is 5.55. The summed E-state index contributed by atoms with van der Waals surface area (Å²) in [5.41, 5.74) is 1.37. The number of aromatic carboxylic acids is 1. The number of aryl methyl sites for hydroxylation is 1. The van der Waals surface area contributed by atoms with Gasteiger partial charge in [-0.05, 0) is 24.1 Å². The summed E-state index contributed by atoms with van der Waals surface area (Å²) in [7, 11) is 1.70. The van der Waals surface area contributed by atoms with Gasteiger partial charge in [-0.1, -0.05) is 19.1 Å². The molecule has 0 saturated carbocycles. The second-order valence-electron chi connectivity index (χ2n) is 4.86. The van der Waals surface area contributed by atoms with Gasteiger partial charge in [0.2, 0.25) is 0 Å². The van der Waals surface area contributed by atoms with E-state index in [0.29, 0.717) is 24.5 Å². The lowest BCUT2D eigenvalue weighted by Crippen LogP contribution is -2.07. The van der Waals surface area contributed by atoms with Gasteiger partial charge in [0.1, 0.15) is 12.4 Å². The van der Waals surface area contributed by atoms with E-state index in [4.69, 9.17) is 9.47 Å². The molecule has 1 heterocycles. The molecule has 0 spiro atoms. The smallest absolute Gasteiger partial charge is 0.357 e. The van der Waals surface area contributed by atoms with Crippen LogP contribution < -0.4 is 4.74 Å². The van der Waals surface area contributed by atoms with E-state index in [0.717, 1.165) is 18.6 Å². The number of hydrogen-bond acceptors (Lipinski definition) is 4. The number of rotatable bonds is 8. The Morgan fingerprint density at radius 2 is 2.14 bits per heavy atom. The van der Waals surface area contributed by atoms with Crippen molar-refractivity contribution in [1.29, 1.82) is 0 Å². The van der Waals surface area contributed by atoms with E-state index < -0.39 is 5.97 Å². The molecular formula is C16H20N2O4. The van der Waals surface area contributed by atoms with Gasteiger partial charge in [0, 0.05) is 25.4 Å². The van der Waals surface area contributed by atoms with E-state index in [9.17, 15) is 9.90 Å². The third-order valence-electron chi connectivity index (χ3n) is 3.02. The lowest BCUT2D eigenvalue weighted by atomic mass is 10.1. The first kappa shape index (κ1) is 16.0. The number of ether oxygens (including phenoxy) is 2. The molecule has 0 amide bonds. The largest absolute Gasteiger partial charge is 0.491 e. The van der Waals surface area contributed by atoms with Crippen molar-refractivity contribution in [3.63, 3.8) is 0 Å². The molecule has 22 heavy (non-hydrogen) atoms. The van der Waals surface area contributed by atoms with Gasteiger partial charge in [0.25, 0.3) is 0 Å². The first-order valence-corrected chi connectivity index (χ1v) is 7.19. The van der Waals surface area contributed by atoms with Gasteiger partial charge in [-0.3, -0.25) is 4.68 Å². The molecule has 6 heteroatoms. The van der Waals surface area contributed by atoms with Gasteiger partial charge in [0.15, 0.2) is 5.69 Å². The molecule has 0 aliphatic rings. The molecule has 0 aliphatic carbocycles. The van der Waals surface area contributed by atoms with Crippen molar-refractivity contribution < 1.29 is 19.4 Å². The van der Waals surface area contributed by atoms with Crippen molar-refractivity contribution >= 4 is 5.97 Å². The van der Waals surface area contributed by atoms with Gasteiger partial charge in [-0.25, -0.2) is 4.79 Å². The molecule has 0 fully saturated rings. The highest BCUT2D eigenvalue weighted by molar-refractivity contribution is 5.93. The highest BCUT2D eigenvalue weighted by atomic mass is 16.5. The normalized spacial score (nSPS) is 10.6. The van der Waals surface area contributed by atoms with Crippen molar-refractivity contribution in [2.45, 2.75) is 13.3 Å². The number of carboxylic acids is 1. The van der Waals surface area contributed by atoms with Crippen LogP contribution in [0.25, 0.3) is 11.1 Å². The van der Waals surface area contributed by atoms with Crippen LogP contribution in [0.2, 0.25) is 0 Å². The summed E-state index contributed by atoms with van der Waals surface area (Å²) in [6, 6.07) is 7.31. The maximum atomic E-state index is 11.2. The zero-order chi connectivity index (χ0) is 15.9. The topological polar surface area (TPSA) is 73.6 Å². The third kappa shape index (κ3) is 4.08. The Labute approximate surface area is 129 Å². The molecule has 6 nitrogen and oxygen atoms in total. The zero-order valence-electron chi connectivity index (χ0n) is 12.8. The van der Waals surface area contributed by atoms with E-state index in [1.54, 1.807) is 13.2 Å². The molecule has 0 saturated heterocycles. The van der Waals surface area contributed by atoms with Gasteiger partial charge in [-0.15, -0.1) is 0 Å². The minimum absolute atomic E-state index is 0.0333. The fourth-order valence-corrected chi connectivity index (χ4v) is 2.08. The number of nitrogens with zero attached hydrogens (tertiary/aromatic N) is 2. The van der Waals surface area contributed by atoms with Gasteiger partial charge in [-0.2, -0.15) is 5.10 Å². The number of carboxylic acid groups (broad SMARTS) is 1. The molecule has 1 aromatic carbocycles. The van der Waals surface area contributed by atoms with E-state index in [1.807, 2.05) is 24.3 Å². The summed E-state index contributed by atoms with van der Waals surface area (Å²) in [6.07, 6.45) is 2.67. The molecule has 0 atom stereocenters. The van der Waals surface area contributed by atoms with Crippen molar-refractivity contribution in [3.8, 4) is 16.9 Å². The van der Waals surface area contributed by atoms with E-state index in [1.165, 1.54) is 4.68 Å². The quantitative estimate of drug-likeness (QED) is 0.759. The summed E-state index contributed by atoms with van der Waals surface area (Å²) in [6.45, 7) is 3.77. The SMILES string of the molecule is CCCOCCOc1cccc(-c2cn(C)nc2C(=O)O)c1. The molecule has 2 rings (SSSR count). The van der Waals surface area contributed by atoms with Gasteiger partial charge in [0.05, 0.1) is 6.61 Å². The molecule has 0 aliphatic heterocycles. The van der Waals surface area contributed by atoms with E-state index in [-0.39, 0.29) is 5.69 Å². The number of hydrogen-bond donors (Lipinski definition) is 1. The molecule has 118 valence electrons. The van der Waals surface area contributed by atoms with Gasteiger partial charge >= 0.3 is 5.97 Å². The molecule has 0 bridgehead atoms. The Morgan fingerprint density at radius 1 is 1.32 bits per heavy atom. The fourth-order valence-electron chi connectivity index (χ4n) is 2.08. The predicted octanol–water partition coefficient (Wildman–Crippen LogP) is 2.59. The Bertz CT molecular complexity index is 637. The van der Waals surface area contributed by atoms with Crippen molar-refractivity contribution in [1.82, 2.24) is 9.78 Å². The van der Waals surface area contributed by atoms with Crippen LogP contribution in [0.3, 0.4) is 0 Å². The predicted molar refractivity (Wildman–Crippen MR) is 82.2 cm³/mol. The third-order valence-corrected chi connectivity index (χ3v) is 3.02. The van der Waals surface area contributed by atoms with Gasteiger partial charge < -0.3 is 14.6 Å². The summed E-state index contributed by atoms with van der Waals surface area (Å²) < 4.78 is 12.5. The minimum atomic E-state index is -1.05. The summed E-state index contributed by atoms with van der Waals surface area (Å²) >= 11 is 0. The van der Waals surface area contributed by atoms with Crippen LogP contribution in [0.1, 0.15) is 23.8 Å². The summed E-state index contributed by atoms with van der Waals surface area (Å²) in [5, 5.41) is 13.2. The van der Waals surface area contributed by atoms with E-state index >= 15 is 0 Å². The standard InChI is InChI=1S/C16H20N2O4/c1-3-7-21-8-9-22-13-6-4-5-12(10-13)14-11-18(2)17-15(14)16(19)20/h4-6,10-11H,3,7-9H2,1-2H3,(H,19,20). The second-order valence-corrected chi connectivity index (χ2v) is 4.86. The average molecular weight is 304 g/mol.